The molecular weight excluding hydrogens is 497 g/mol. The molecule has 0 bridgehead atoms. The van der Waals surface area contributed by atoms with Crippen LogP contribution in [0.2, 0.25) is 0 Å². The van der Waals surface area contributed by atoms with Gasteiger partial charge in [0.15, 0.2) is 0 Å². The average Bonchev–Trinajstić information content (AvgIpc) is 2.93. The van der Waals surface area contributed by atoms with Crippen molar-refractivity contribution in [1.29, 1.82) is 0 Å². The van der Waals surface area contributed by atoms with Gasteiger partial charge in [0.2, 0.25) is 0 Å². The lowest BCUT2D eigenvalue weighted by Crippen LogP contribution is -2.21. The van der Waals surface area contributed by atoms with Crippen molar-refractivity contribution in [2.75, 3.05) is 19.7 Å². The highest BCUT2D eigenvalue weighted by molar-refractivity contribution is 5.90. The normalized spacial score (nSPS) is 12.3. The second kappa shape index (κ2) is 14.8. The van der Waals surface area contributed by atoms with Gasteiger partial charge >= 0.3 is 6.18 Å². The molecule has 0 aliphatic rings. The maximum absolute atomic E-state index is 12.8. The molecule has 202 valence electrons. The van der Waals surface area contributed by atoms with Gasteiger partial charge in [-0.3, -0.25) is 10.0 Å². The highest BCUT2D eigenvalue weighted by atomic mass is 19.4. The number of ether oxygens (including phenoxy) is 2. The van der Waals surface area contributed by atoms with Gasteiger partial charge in [-0.05, 0) is 79.5 Å². The van der Waals surface area contributed by atoms with Gasteiger partial charge in [0.05, 0.1) is 12.2 Å². The van der Waals surface area contributed by atoms with Gasteiger partial charge < -0.3 is 14.8 Å². The average molecular weight is 529 g/mol. The molecule has 1 unspecified atom stereocenters. The first-order chi connectivity index (χ1) is 18.3. The Bertz CT molecular complexity index is 1140. The van der Waals surface area contributed by atoms with E-state index in [1.165, 1.54) is 23.7 Å². The standard InChI is InChI=1S/C29H31F3N2O4/c30-29(31,32)24-11-15-26(16-12-24)38-27(23-6-2-1-3-7-23)18-20-33-19-4-5-21-37-25-13-8-22(9-14-25)10-17-28(35)34-36/h1-3,6-17,27,33,36H,4-5,18-21H2,(H,34,35)/b17-10+. The molecule has 0 heterocycles. The number of carbonyl (C=O) groups excluding carboxylic acids is 1. The van der Waals surface area contributed by atoms with Crippen LogP contribution in [0.5, 0.6) is 11.5 Å². The summed E-state index contributed by atoms with van der Waals surface area (Å²) >= 11 is 0. The van der Waals surface area contributed by atoms with Gasteiger partial charge in [-0.15, -0.1) is 0 Å². The zero-order valence-corrected chi connectivity index (χ0v) is 20.8. The van der Waals surface area contributed by atoms with Crippen LogP contribution in [0.1, 0.15) is 42.1 Å². The van der Waals surface area contributed by atoms with Crippen molar-refractivity contribution in [2.24, 2.45) is 0 Å². The number of hydrogen-bond acceptors (Lipinski definition) is 5. The van der Waals surface area contributed by atoms with Crippen molar-refractivity contribution in [2.45, 2.75) is 31.5 Å². The Hall–Kier alpha value is -3.82. The lowest BCUT2D eigenvalue weighted by atomic mass is 10.1. The molecule has 3 N–H and O–H groups in total. The zero-order chi connectivity index (χ0) is 27.2. The van der Waals surface area contributed by atoms with Crippen LogP contribution < -0.4 is 20.3 Å². The van der Waals surface area contributed by atoms with Crippen LogP contribution in [0, 0.1) is 0 Å². The molecule has 0 saturated carbocycles. The molecule has 0 aromatic heterocycles. The molecule has 38 heavy (non-hydrogen) atoms. The maximum Gasteiger partial charge on any atom is 0.416 e. The fraction of sp³-hybridized carbons (Fsp3) is 0.276. The molecule has 1 amide bonds. The Morgan fingerprint density at radius 3 is 2.24 bits per heavy atom. The number of rotatable bonds is 14. The molecule has 3 aromatic rings. The lowest BCUT2D eigenvalue weighted by molar-refractivity contribution is -0.137. The first-order valence-electron chi connectivity index (χ1n) is 12.3. The summed E-state index contributed by atoms with van der Waals surface area (Å²) in [6, 6.07) is 21.6. The first-order valence-corrected chi connectivity index (χ1v) is 12.3. The molecule has 6 nitrogen and oxygen atoms in total. The quantitative estimate of drug-likeness (QED) is 0.101. The van der Waals surface area contributed by atoms with Crippen molar-refractivity contribution in [3.8, 4) is 11.5 Å². The number of nitrogens with one attached hydrogen (secondary N) is 2. The van der Waals surface area contributed by atoms with Crippen molar-refractivity contribution in [3.63, 3.8) is 0 Å². The summed E-state index contributed by atoms with van der Waals surface area (Å²) in [6.07, 6.45) is 0.560. The second-order valence-corrected chi connectivity index (χ2v) is 8.51. The lowest BCUT2D eigenvalue weighted by Gasteiger charge is -2.20. The predicted molar refractivity (Wildman–Crippen MR) is 139 cm³/mol. The summed E-state index contributed by atoms with van der Waals surface area (Å²) in [6.45, 7) is 2.04. The van der Waals surface area contributed by atoms with Gasteiger partial charge in [0.1, 0.15) is 17.6 Å². The van der Waals surface area contributed by atoms with Gasteiger partial charge in [0.25, 0.3) is 5.91 Å². The molecule has 9 heteroatoms. The molecule has 0 saturated heterocycles. The minimum absolute atomic E-state index is 0.292. The summed E-state index contributed by atoms with van der Waals surface area (Å²) in [4.78, 5) is 11.0. The number of halogens is 3. The van der Waals surface area contributed by atoms with Crippen molar-refractivity contribution in [3.05, 3.63) is 102 Å². The van der Waals surface area contributed by atoms with Crippen LogP contribution in [0.4, 0.5) is 13.2 Å². The largest absolute Gasteiger partial charge is 0.494 e. The third-order valence-electron chi connectivity index (χ3n) is 5.65. The predicted octanol–water partition coefficient (Wildman–Crippen LogP) is 6.18. The molecule has 0 aliphatic heterocycles. The zero-order valence-electron chi connectivity index (χ0n) is 20.8. The Labute approximate surface area is 220 Å². The Morgan fingerprint density at radius 2 is 1.58 bits per heavy atom. The van der Waals surface area contributed by atoms with Crippen LogP contribution in [0.25, 0.3) is 6.08 Å². The molecule has 0 aliphatic carbocycles. The fourth-order valence-electron chi connectivity index (χ4n) is 3.63. The van der Waals surface area contributed by atoms with Gasteiger partial charge in [-0.1, -0.05) is 42.5 Å². The Morgan fingerprint density at radius 1 is 0.895 bits per heavy atom. The SMILES string of the molecule is O=C(/C=C/c1ccc(OCCCCNCCC(Oc2ccc(C(F)(F)F)cc2)c2ccccc2)cc1)NO. The third kappa shape index (κ3) is 9.91. The van der Waals surface area contributed by atoms with Crippen LogP contribution >= 0.6 is 0 Å². The molecule has 0 fully saturated rings. The first kappa shape index (κ1) is 28.7. The summed E-state index contributed by atoms with van der Waals surface area (Å²) in [7, 11) is 0. The van der Waals surface area contributed by atoms with E-state index < -0.39 is 17.6 Å². The second-order valence-electron chi connectivity index (χ2n) is 8.51. The van der Waals surface area contributed by atoms with Crippen LogP contribution in [-0.2, 0) is 11.0 Å². The highest BCUT2D eigenvalue weighted by Crippen LogP contribution is 2.31. The molecular formula is C29H31F3N2O4. The Kier molecular flexibility index (Phi) is 11.2. The fourth-order valence-corrected chi connectivity index (χ4v) is 3.63. The van der Waals surface area contributed by atoms with Gasteiger partial charge in [-0.25, -0.2) is 5.48 Å². The number of benzene rings is 3. The summed E-state index contributed by atoms with van der Waals surface area (Å²) < 4.78 is 50.3. The number of hydroxylamine groups is 1. The molecule has 0 spiro atoms. The monoisotopic (exact) mass is 528 g/mol. The highest BCUT2D eigenvalue weighted by Gasteiger charge is 2.30. The van der Waals surface area contributed by atoms with Crippen molar-refractivity contribution >= 4 is 12.0 Å². The van der Waals surface area contributed by atoms with E-state index in [4.69, 9.17) is 14.7 Å². The van der Waals surface area contributed by atoms with Gasteiger partial charge in [0, 0.05) is 12.5 Å². The van der Waals surface area contributed by atoms with Crippen LogP contribution in [0.3, 0.4) is 0 Å². The number of alkyl halides is 3. The van der Waals surface area contributed by atoms with Crippen molar-refractivity contribution in [1.82, 2.24) is 10.8 Å². The molecule has 3 rings (SSSR count). The van der Waals surface area contributed by atoms with E-state index in [-0.39, 0.29) is 6.10 Å². The minimum Gasteiger partial charge on any atom is -0.494 e. The third-order valence-corrected chi connectivity index (χ3v) is 5.65. The van der Waals surface area contributed by atoms with Crippen LogP contribution in [-0.4, -0.2) is 30.8 Å². The van der Waals surface area contributed by atoms with E-state index in [1.807, 2.05) is 54.6 Å². The van der Waals surface area contributed by atoms with Crippen LogP contribution in [0.15, 0.2) is 84.9 Å². The maximum atomic E-state index is 12.8. The number of amides is 1. The number of carbonyl (C=O) groups is 1. The van der Waals surface area contributed by atoms with E-state index in [0.717, 1.165) is 48.4 Å². The number of hydrogen-bond donors (Lipinski definition) is 3. The number of unbranched alkanes of at least 4 members (excludes halogenated alkanes) is 1. The molecule has 1 atom stereocenters. The van der Waals surface area contributed by atoms with E-state index in [2.05, 4.69) is 5.32 Å². The van der Waals surface area contributed by atoms with E-state index in [0.29, 0.717) is 25.3 Å². The van der Waals surface area contributed by atoms with Gasteiger partial charge in [-0.2, -0.15) is 13.2 Å². The summed E-state index contributed by atoms with van der Waals surface area (Å²) in [5, 5.41) is 11.9. The van der Waals surface area contributed by atoms with E-state index in [9.17, 15) is 18.0 Å². The van der Waals surface area contributed by atoms with Crippen molar-refractivity contribution < 1.29 is 32.6 Å². The van der Waals surface area contributed by atoms with E-state index >= 15 is 0 Å². The molecule has 3 aromatic carbocycles. The topological polar surface area (TPSA) is 79.8 Å². The summed E-state index contributed by atoms with van der Waals surface area (Å²) in [5.41, 5.74) is 2.60. The van der Waals surface area contributed by atoms with E-state index in [1.54, 1.807) is 6.08 Å². The summed E-state index contributed by atoms with van der Waals surface area (Å²) in [5.74, 6) is 0.526. The smallest absolute Gasteiger partial charge is 0.416 e. The Balaban J connectivity index is 1.37. The minimum atomic E-state index is -4.38. The molecule has 0 radical (unpaired) electrons.